The van der Waals surface area contributed by atoms with E-state index in [0.717, 1.165) is 28.3 Å². The highest BCUT2D eigenvalue weighted by Gasteiger charge is 2.33. The van der Waals surface area contributed by atoms with Gasteiger partial charge in [0.05, 0.1) is 11.4 Å². The highest BCUT2D eigenvalue weighted by Crippen LogP contribution is 2.34. The van der Waals surface area contributed by atoms with Crippen molar-refractivity contribution in [2.45, 2.75) is 45.4 Å². The molecular weight excluding hydrogens is 430 g/mol. The first-order chi connectivity index (χ1) is 16.2. The van der Waals surface area contributed by atoms with E-state index < -0.39 is 11.9 Å². The second-order valence-electron chi connectivity index (χ2n) is 9.35. The summed E-state index contributed by atoms with van der Waals surface area (Å²) in [5, 5.41) is 11.9. The molecule has 0 aliphatic carbocycles. The van der Waals surface area contributed by atoms with E-state index in [-0.39, 0.29) is 11.5 Å². The fourth-order valence-electron chi connectivity index (χ4n) is 4.05. The summed E-state index contributed by atoms with van der Waals surface area (Å²) >= 11 is 0. The average Bonchev–Trinajstić information content (AvgIpc) is 2.81. The minimum absolute atomic E-state index is 0.0648. The van der Waals surface area contributed by atoms with Crippen molar-refractivity contribution in [3.8, 4) is 5.75 Å². The van der Waals surface area contributed by atoms with E-state index in [4.69, 9.17) is 9.94 Å². The molecule has 0 aromatic heterocycles. The molecule has 1 atom stereocenters. The number of nitrogens with one attached hydrogen (secondary N) is 2. The summed E-state index contributed by atoms with van der Waals surface area (Å²) < 4.78 is 5.92. The van der Waals surface area contributed by atoms with Crippen molar-refractivity contribution < 1.29 is 19.5 Å². The lowest BCUT2D eigenvalue weighted by Crippen LogP contribution is -2.49. The monoisotopic (exact) mass is 459 g/mol. The molecule has 0 spiro atoms. The van der Waals surface area contributed by atoms with Crippen molar-refractivity contribution in [2.24, 2.45) is 0 Å². The standard InChI is InChI=1S/C27H29N3O4/c1-27(2,3)34-21-14-10-18(11-15-21)16-24-26(32)28-22-6-4-5-7-23(22)30(24)17-19-8-12-20(13-9-19)25(31)29-33/h4-15,24,33H,16-17H2,1-3H3,(H,28,32)(H,29,31)/t24-/m1/s1. The molecule has 34 heavy (non-hydrogen) atoms. The Bertz CT molecular complexity index is 1170. The van der Waals surface area contributed by atoms with Crippen LogP contribution in [0.5, 0.6) is 5.75 Å². The Morgan fingerprint density at radius 2 is 1.65 bits per heavy atom. The number of nitrogens with zero attached hydrogens (tertiary/aromatic N) is 1. The molecule has 1 aliphatic heterocycles. The average molecular weight is 460 g/mol. The van der Waals surface area contributed by atoms with Gasteiger partial charge in [0.2, 0.25) is 5.91 Å². The summed E-state index contributed by atoms with van der Waals surface area (Å²) in [5.41, 5.74) is 5.40. The fourth-order valence-corrected chi connectivity index (χ4v) is 4.05. The van der Waals surface area contributed by atoms with Gasteiger partial charge in [0.1, 0.15) is 17.4 Å². The fraction of sp³-hybridized carbons (Fsp3) is 0.259. The zero-order chi connectivity index (χ0) is 24.3. The van der Waals surface area contributed by atoms with Crippen LogP contribution in [0.2, 0.25) is 0 Å². The van der Waals surface area contributed by atoms with Crippen molar-refractivity contribution in [1.29, 1.82) is 0 Å². The molecule has 0 saturated heterocycles. The van der Waals surface area contributed by atoms with Crippen LogP contribution in [-0.2, 0) is 17.8 Å². The number of rotatable bonds is 6. The van der Waals surface area contributed by atoms with Crippen molar-refractivity contribution in [3.63, 3.8) is 0 Å². The zero-order valence-electron chi connectivity index (χ0n) is 19.5. The van der Waals surface area contributed by atoms with Gasteiger partial charge in [-0.2, -0.15) is 0 Å². The van der Waals surface area contributed by atoms with Crippen LogP contribution in [-0.4, -0.2) is 28.7 Å². The Kier molecular flexibility index (Phi) is 6.56. The molecule has 3 N–H and O–H groups in total. The van der Waals surface area contributed by atoms with Crippen LogP contribution >= 0.6 is 0 Å². The second kappa shape index (κ2) is 9.57. The molecule has 1 aliphatic rings. The van der Waals surface area contributed by atoms with E-state index >= 15 is 0 Å². The van der Waals surface area contributed by atoms with E-state index in [9.17, 15) is 9.59 Å². The number of hydrogen-bond donors (Lipinski definition) is 3. The van der Waals surface area contributed by atoms with Crippen LogP contribution in [0.1, 0.15) is 42.3 Å². The molecule has 176 valence electrons. The van der Waals surface area contributed by atoms with Gasteiger partial charge in [0, 0.05) is 18.5 Å². The summed E-state index contributed by atoms with van der Waals surface area (Å²) in [6, 6.07) is 22.1. The Morgan fingerprint density at radius 1 is 1.00 bits per heavy atom. The van der Waals surface area contributed by atoms with Crippen molar-refractivity contribution in [3.05, 3.63) is 89.5 Å². The molecule has 3 aromatic rings. The minimum Gasteiger partial charge on any atom is -0.488 e. The van der Waals surface area contributed by atoms with Crippen molar-refractivity contribution in [1.82, 2.24) is 5.48 Å². The SMILES string of the molecule is CC(C)(C)Oc1ccc(C[C@@H]2C(=O)Nc3ccccc3N2Cc2ccc(C(=O)NO)cc2)cc1. The molecule has 3 aromatic carbocycles. The van der Waals surface area contributed by atoms with Gasteiger partial charge in [-0.1, -0.05) is 36.4 Å². The van der Waals surface area contributed by atoms with Gasteiger partial charge in [-0.05, 0) is 68.3 Å². The lowest BCUT2D eigenvalue weighted by Gasteiger charge is -2.38. The quantitative estimate of drug-likeness (QED) is 0.372. The van der Waals surface area contributed by atoms with Gasteiger partial charge in [-0.25, -0.2) is 5.48 Å². The Hall–Kier alpha value is -3.84. The van der Waals surface area contributed by atoms with Gasteiger partial charge in [0.15, 0.2) is 0 Å². The number of hydrogen-bond acceptors (Lipinski definition) is 5. The van der Waals surface area contributed by atoms with E-state index in [2.05, 4.69) is 10.2 Å². The molecular formula is C27H29N3O4. The van der Waals surface area contributed by atoms with E-state index in [1.807, 2.05) is 81.4 Å². The van der Waals surface area contributed by atoms with Gasteiger partial charge in [0.25, 0.3) is 5.91 Å². The number of amides is 2. The number of benzene rings is 3. The van der Waals surface area contributed by atoms with E-state index in [1.54, 1.807) is 17.6 Å². The first-order valence-electron chi connectivity index (χ1n) is 11.2. The first-order valence-corrected chi connectivity index (χ1v) is 11.2. The van der Waals surface area contributed by atoms with Crippen LogP contribution in [0.25, 0.3) is 0 Å². The zero-order valence-corrected chi connectivity index (χ0v) is 19.5. The predicted octanol–water partition coefficient (Wildman–Crippen LogP) is 4.55. The predicted molar refractivity (Wildman–Crippen MR) is 131 cm³/mol. The highest BCUT2D eigenvalue weighted by molar-refractivity contribution is 6.03. The largest absolute Gasteiger partial charge is 0.488 e. The van der Waals surface area contributed by atoms with Gasteiger partial charge in [-0.15, -0.1) is 0 Å². The molecule has 4 rings (SSSR count). The molecule has 0 fully saturated rings. The topological polar surface area (TPSA) is 90.9 Å². The summed E-state index contributed by atoms with van der Waals surface area (Å²) in [6.45, 7) is 6.50. The number of ether oxygens (including phenoxy) is 1. The van der Waals surface area contributed by atoms with E-state index in [0.29, 0.717) is 18.5 Å². The Balaban J connectivity index is 1.60. The smallest absolute Gasteiger partial charge is 0.274 e. The van der Waals surface area contributed by atoms with Crippen LogP contribution in [0.3, 0.4) is 0 Å². The van der Waals surface area contributed by atoms with Gasteiger partial charge >= 0.3 is 0 Å². The van der Waals surface area contributed by atoms with Crippen molar-refractivity contribution in [2.75, 3.05) is 10.2 Å². The molecule has 1 heterocycles. The Labute approximate surface area is 199 Å². The summed E-state index contributed by atoms with van der Waals surface area (Å²) in [4.78, 5) is 26.9. The summed E-state index contributed by atoms with van der Waals surface area (Å²) in [6.07, 6.45) is 0.529. The lowest BCUT2D eigenvalue weighted by atomic mass is 9.99. The molecule has 0 radical (unpaired) electrons. The van der Waals surface area contributed by atoms with Gasteiger partial charge < -0.3 is 15.0 Å². The molecule has 7 heteroatoms. The third kappa shape index (κ3) is 5.38. The second-order valence-corrected chi connectivity index (χ2v) is 9.35. The maximum atomic E-state index is 13.1. The van der Waals surface area contributed by atoms with Crippen LogP contribution < -0.4 is 20.4 Å². The first kappa shape index (κ1) is 23.3. The molecule has 0 saturated carbocycles. The number of anilines is 2. The maximum absolute atomic E-state index is 13.1. The van der Waals surface area contributed by atoms with E-state index in [1.165, 1.54) is 0 Å². The number of fused-ring (bicyclic) bond motifs is 1. The Morgan fingerprint density at radius 3 is 2.29 bits per heavy atom. The van der Waals surface area contributed by atoms with Crippen LogP contribution in [0, 0.1) is 0 Å². The molecule has 0 bridgehead atoms. The lowest BCUT2D eigenvalue weighted by molar-refractivity contribution is -0.117. The third-order valence-electron chi connectivity index (χ3n) is 5.60. The highest BCUT2D eigenvalue weighted by atomic mass is 16.5. The third-order valence-corrected chi connectivity index (χ3v) is 5.60. The number of para-hydroxylation sites is 2. The van der Waals surface area contributed by atoms with Gasteiger partial charge in [-0.3, -0.25) is 14.8 Å². The van der Waals surface area contributed by atoms with Crippen LogP contribution in [0.15, 0.2) is 72.8 Å². The summed E-state index contributed by atoms with van der Waals surface area (Å²) in [7, 11) is 0. The number of carbonyl (C=O) groups excluding carboxylic acids is 2. The summed E-state index contributed by atoms with van der Waals surface area (Å²) in [5.74, 6) is 0.162. The normalized spacial score (nSPS) is 15.4. The number of carbonyl (C=O) groups is 2. The number of hydroxylamine groups is 1. The van der Waals surface area contributed by atoms with Crippen molar-refractivity contribution >= 4 is 23.2 Å². The molecule has 0 unspecified atom stereocenters. The minimum atomic E-state index is -0.564. The van der Waals surface area contributed by atoms with Crippen LogP contribution in [0.4, 0.5) is 11.4 Å². The molecule has 7 nitrogen and oxygen atoms in total. The molecule has 2 amide bonds. The maximum Gasteiger partial charge on any atom is 0.274 e.